The SMILES string of the molecule is O=CNCC1CCCCCC1.[HH]. The number of carbonyl (C=O) groups is 1. The van der Waals surface area contributed by atoms with Crippen LogP contribution in [0.2, 0.25) is 0 Å². The molecule has 1 aliphatic carbocycles. The van der Waals surface area contributed by atoms with E-state index in [0.29, 0.717) is 0 Å². The Kier molecular flexibility index (Phi) is 4.02. The quantitative estimate of drug-likeness (QED) is 0.492. The van der Waals surface area contributed by atoms with Gasteiger partial charge in [0.2, 0.25) is 6.41 Å². The molecule has 0 unspecified atom stereocenters. The first kappa shape index (κ1) is 8.57. The molecule has 0 aromatic rings. The number of hydrogen-bond acceptors (Lipinski definition) is 1. The van der Waals surface area contributed by atoms with Crippen molar-refractivity contribution in [2.24, 2.45) is 5.92 Å². The highest BCUT2D eigenvalue weighted by Crippen LogP contribution is 2.21. The standard InChI is InChI=1S/C9H17NO.H2/c11-8-10-7-9-5-3-1-2-4-6-9;/h8-9H,1-7H2,(H,10,11);1H. The zero-order valence-electron chi connectivity index (χ0n) is 7.01. The minimum Gasteiger partial charge on any atom is -0.358 e. The van der Waals surface area contributed by atoms with Crippen molar-refractivity contribution in [3.8, 4) is 0 Å². The fourth-order valence-corrected chi connectivity index (χ4v) is 1.78. The maximum absolute atomic E-state index is 10.0. The van der Waals surface area contributed by atoms with Crippen LogP contribution in [0.25, 0.3) is 0 Å². The first-order valence-corrected chi connectivity index (χ1v) is 4.60. The molecular formula is C9H19NO. The van der Waals surface area contributed by atoms with Gasteiger partial charge in [-0.3, -0.25) is 4.79 Å². The highest BCUT2D eigenvalue weighted by molar-refractivity contribution is 5.45. The monoisotopic (exact) mass is 157 g/mol. The molecule has 0 radical (unpaired) electrons. The van der Waals surface area contributed by atoms with Gasteiger partial charge in [-0.1, -0.05) is 25.7 Å². The Morgan fingerprint density at radius 2 is 1.91 bits per heavy atom. The second-order valence-corrected chi connectivity index (χ2v) is 3.38. The van der Waals surface area contributed by atoms with Gasteiger partial charge in [0, 0.05) is 7.97 Å². The first-order valence-electron chi connectivity index (χ1n) is 4.60. The Bertz CT molecular complexity index is 111. The van der Waals surface area contributed by atoms with Crippen LogP contribution in [0.15, 0.2) is 0 Å². The Balaban J connectivity index is 0.00000121. The van der Waals surface area contributed by atoms with E-state index in [2.05, 4.69) is 5.32 Å². The zero-order chi connectivity index (χ0) is 7.94. The highest BCUT2D eigenvalue weighted by atomic mass is 16.1. The van der Waals surface area contributed by atoms with E-state index in [1.165, 1.54) is 38.5 Å². The summed E-state index contributed by atoms with van der Waals surface area (Å²) in [4.78, 5) is 10.0. The largest absolute Gasteiger partial charge is 0.358 e. The van der Waals surface area contributed by atoms with Crippen molar-refractivity contribution in [1.29, 1.82) is 0 Å². The fourth-order valence-electron chi connectivity index (χ4n) is 1.78. The van der Waals surface area contributed by atoms with Crippen molar-refractivity contribution in [2.45, 2.75) is 38.5 Å². The number of amides is 1. The van der Waals surface area contributed by atoms with Gasteiger partial charge in [0.15, 0.2) is 0 Å². The predicted molar refractivity (Wildman–Crippen MR) is 47.4 cm³/mol. The van der Waals surface area contributed by atoms with Crippen molar-refractivity contribution < 1.29 is 6.22 Å². The summed E-state index contributed by atoms with van der Waals surface area (Å²) in [6.45, 7) is 0.892. The van der Waals surface area contributed by atoms with Crippen LogP contribution in [0, 0.1) is 5.92 Å². The van der Waals surface area contributed by atoms with E-state index in [4.69, 9.17) is 0 Å². The van der Waals surface area contributed by atoms with Gasteiger partial charge >= 0.3 is 0 Å². The molecule has 11 heavy (non-hydrogen) atoms. The van der Waals surface area contributed by atoms with Crippen molar-refractivity contribution in [3.63, 3.8) is 0 Å². The minimum absolute atomic E-state index is 0. The van der Waals surface area contributed by atoms with Crippen LogP contribution in [0.4, 0.5) is 0 Å². The van der Waals surface area contributed by atoms with Crippen molar-refractivity contribution in [3.05, 3.63) is 0 Å². The highest BCUT2D eigenvalue weighted by Gasteiger charge is 2.10. The Labute approximate surface area is 69.8 Å². The van der Waals surface area contributed by atoms with Crippen LogP contribution in [-0.2, 0) is 4.79 Å². The third kappa shape index (κ3) is 3.40. The lowest BCUT2D eigenvalue weighted by molar-refractivity contribution is -0.109. The van der Waals surface area contributed by atoms with E-state index < -0.39 is 0 Å². The molecule has 0 heterocycles. The number of hydrogen-bond donors (Lipinski definition) is 1. The molecule has 2 nitrogen and oxygen atoms in total. The van der Waals surface area contributed by atoms with Gasteiger partial charge in [0.05, 0.1) is 0 Å². The van der Waals surface area contributed by atoms with Crippen molar-refractivity contribution in [2.75, 3.05) is 6.54 Å². The lowest BCUT2D eigenvalue weighted by Gasteiger charge is -2.11. The topological polar surface area (TPSA) is 29.1 Å². The van der Waals surface area contributed by atoms with E-state index in [1.54, 1.807) is 0 Å². The van der Waals surface area contributed by atoms with Gasteiger partial charge in [-0.2, -0.15) is 0 Å². The first-order chi connectivity index (χ1) is 5.43. The molecule has 0 aliphatic heterocycles. The lowest BCUT2D eigenvalue weighted by atomic mass is 10.0. The molecule has 0 bridgehead atoms. The van der Waals surface area contributed by atoms with E-state index in [9.17, 15) is 4.79 Å². The minimum atomic E-state index is 0. The smallest absolute Gasteiger partial charge is 0.207 e. The van der Waals surface area contributed by atoms with Crippen LogP contribution >= 0.6 is 0 Å². The molecule has 2 heteroatoms. The molecule has 0 aromatic heterocycles. The van der Waals surface area contributed by atoms with Crippen LogP contribution in [-0.4, -0.2) is 13.0 Å². The summed E-state index contributed by atoms with van der Waals surface area (Å²) >= 11 is 0. The molecule has 0 aromatic carbocycles. The normalized spacial score (nSPS) is 20.7. The molecule has 0 spiro atoms. The number of rotatable bonds is 3. The summed E-state index contributed by atoms with van der Waals surface area (Å²) in [6, 6.07) is 0. The van der Waals surface area contributed by atoms with Crippen LogP contribution in [0.5, 0.6) is 0 Å². The molecule has 1 saturated carbocycles. The molecule has 66 valence electrons. The summed E-state index contributed by atoms with van der Waals surface area (Å²) in [7, 11) is 0. The van der Waals surface area contributed by atoms with Crippen LogP contribution in [0.3, 0.4) is 0 Å². The van der Waals surface area contributed by atoms with Crippen molar-refractivity contribution >= 4 is 6.41 Å². The van der Waals surface area contributed by atoms with Gasteiger partial charge < -0.3 is 5.32 Å². The lowest BCUT2D eigenvalue weighted by Crippen LogP contribution is -2.20. The van der Waals surface area contributed by atoms with Crippen LogP contribution < -0.4 is 5.32 Å². The average molecular weight is 157 g/mol. The Morgan fingerprint density at radius 1 is 1.27 bits per heavy atom. The molecule has 1 N–H and O–H groups in total. The predicted octanol–water partition coefficient (Wildman–Crippen LogP) is 1.95. The van der Waals surface area contributed by atoms with Gasteiger partial charge in [0.1, 0.15) is 0 Å². The maximum Gasteiger partial charge on any atom is 0.207 e. The Morgan fingerprint density at radius 3 is 2.45 bits per heavy atom. The number of carbonyl (C=O) groups excluding carboxylic acids is 1. The third-order valence-corrected chi connectivity index (χ3v) is 2.46. The van der Waals surface area contributed by atoms with Crippen molar-refractivity contribution in [1.82, 2.24) is 5.32 Å². The van der Waals surface area contributed by atoms with E-state index in [-0.39, 0.29) is 1.43 Å². The molecule has 0 atom stereocenters. The fraction of sp³-hybridized carbons (Fsp3) is 0.889. The van der Waals surface area contributed by atoms with Gasteiger partial charge in [-0.05, 0) is 18.8 Å². The van der Waals surface area contributed by atoms with Gasteiger partial charge in [-0.15, -0.1) is 0 Å². The van der Waals surface area contributed by atoms with E-state index >= 15 is 0 Å². The van der Waals surface area contributed by atoms with Gasteiger partial charge in [-0.25, -0.2) is 0 Å². The van der Waals surface area contributed by atoms with Gasteiger partial charge in [0.25, 0.3) is 0 Å². The summed E-state index contributed by atoms with van der Waals surface area (Å²) in [5.74, 6) is 0.752. The maximum atomic E-state index is 10.0. The molecule has 1 aliphatic rings. The Hall–Kier alpha value is -0.530. The summed E-state index contributed by atoms with van der Waals surface area (Å²) < 4.78 is 0. The third-order valence-electron chi connectivity index (χ3n) is 2.46. The molecular weight excluding hydrogens is 138 g/mol. The summed E-state index contributed by atoms with van der Waals surface area (Å²) in [6.07, 6.45) is 8.90. The molecule has 1 amide bonds. The summed E-state index contributed by atoms with van der Waals surface area (Å²) in [5, 5.41) is 2.77. The second kappa shape index (κ2) is 5.16. The van der Waals surface area contributed by atoms with Crippen LogP contribution in [0.1, 0.15) is 40.0 Å². The molecule has 1 fully saturated rings. The number of nitrogens with one attached hydrogen (secondary N) is 1. The average Bonchev–Trinajstić information content (AvgIpc) is 2.28. The molecule has 0 saturated heterocycles. The zero-order valence-corrected chi connectivity index (χ0v) is 7.01. The van der Waals surface area contributed by atoms with E-state index in [0.717, 1.165) is 18.9 Å². The molecule has 1 rings (SSSR count). The summed E-state index contributed by atoms with van der Waals surface area (Å²) in [5.41, 5.74) is 0. The second-order valence-electron chi connectivity index (χ2n) is 3.38. The van der Waals surface area contributed by atoms with E-state index in [1.807, 2.05) is 0 Å².